The molecule has 1 saturated heterocycles. The van der Waals surface area contributed by atoms with Gasteiger partial charge in [0.25, 0.3) is 5.91 Å². The van der Waals surface area contributed by atoms with Crippen LogP contribution < -0.4 is 0 Å². The minimum Gasteiger partial charge on any atom is -0.338 e. The summed E-state index contributed by atoms with van der Waals surface area (Å²) in [6.45, 7) is 5.89. The van der Waals surface area contributed by atoms with E-state index in [4.69, 9.17) is 11.6 Å². The zero-order valence-electron chi connectivity index (χ0n) is 13.9. The van der Waals surface area contributed by atoms with Crippen molar-refractivity contribution in [3.8, 4) is 0 Å². The second-order valence-corrected chi connectivity index (χ2v) is 6.89. The number of rotatable bonds is 3. The van der Waals surface area contributed by atoms with Crippen LogP contribution in [-0.4, -0.2) is 33.7 Å². The van der Waals surface area contributed by atoms with E-state index in [1.54, 1.807) is 23.7 Å². The molecule has 1 amide bonds. The molecular formula is C18H21ClFN3O. The van der Waals surface area contributed by atoms with E-state index >= 15 is 0 Å². The summed E-state index contributed by atoms with van der Waals surface area (Å²) in [5, 5.41) is 4.75. The quantitative estimate of drug-likeness (QED) is 0.842. The lowest BCUT2D eigenvalue weighted by Crippen LogP contribution is -2.39. The minimum absolute atomic E-state index is 0.0468. The number of piperidine rings is 1. The maximum absolute atomic E-state index is 13.0. The molecule has 0 N–H and O–H groups in total. The van der Waals surface area contributed by atoms with Crippen molar-refractivity contribution >= 4 is 17.5 Å². The largest absolute Gasteiger partial charge is 0.338 e. The first-order valence-corrected chi connectivity index (χ1v) is 8.60. The molecule has 0 spiro atoms. The Morgan fingerprint density at radius 2 is 2.08 bits per heavy atom. The van der Waals surface area contributed by atoms with Gasteiger partial charge in [0.15, 0.2) is 0 Å². The fraction of sp³-hybridized carbons (Fsp3) is 0.444. The van der Waals surface area contributed by atoms with Gasteiger partial charge in [-0.15, -0.1) is 0 Å². The summed E-state index contributed by atoms with van der Waals surface area (Å²) in [4.78, 5) is 14.7. The molecule has 3 rings (SSSR count). The highest BCUT2D eigenvalue weighted by Crippen LogP contribution is 2.25. The predicted molar refractivity (Wildman–Crippen MR) is 91.8 cm³/mol. The molecule has 1 aromatic heterocycles. The van der Waals surface area contributed by atoms with Crippen LogP contribution in [0.25, 0.3) is 0 Å². The lowest BCUT2D eigenvalue weighted by molar-refractivity contribution is 0.0682. The summed E-state index contributed by atoms with van der Waals surface area (Å²) in [5.74, 6) is 0.182. The standard InChI is InChI=1S/C18H21ClFN3O/c1-12-4-3-9-22(10-12)18(24)16-13(2)21-23(17(16)19)11-14-5-7-15(20)8-6-14/h5-8,12H,3-4,9-11H2,1-2H3. The van der Waals surface area contributed by atoms with Gasteiger partial charge in [0.1, 0.15) is 11.0 Å². The summed E-state index contributed by atoms with van der Waals surface area (Å²) < 4.78 is 14.6. The van der Waals surface area contributed by atoms with Crippen LogP contribution in [0.1, 0.15) is 41.4 Å². The van der Waals surface area contributed by atoms with Crippen molar-refractivity contribution in [2.75, 3.05) is 13.1 Å². The Morgan fingerprint density at radius 3 is 2.75 bits per heavy atom. The second kappa shape index (κ2) is 6.93. The van der Waals surface area contributed by atoms with Crippen LogP contribution in [0.3, 0.4) is 0 Å². The molecule has 1 unspecified atom stereocenters. The highest BCUT2D eigenvalue weighted by molar-refractivity contribution is 6.33. The molecule has 2 heterocycles. The third kappa shape index (κ3) is 3.46. The number of carbonyl (C=O) groups is 1. The van der Waals surface area contributed by atoms with Crippen molar-refractivity contribution in [1.82, 2.24) is 14.7 Å². The SMILES string of the molecule is Cc1nn(Cc2ccc(F)cc2)c(Cl)c1C(=O)N1CCCC(C)C1. The van der Waals surface area contributed by atoms with Gasteiger partial charge in [-0.1, -0.05) is 30.7 Å². The molecule has 6 heteroatoms. The van der Waals surface area contributed by atoms with Crippen molar-refractivity contribution in [3.05, 3.63) is 52.1 Å². The number of hydrogen-bond donors (Lipinski definition) is 0. The summed E-state index contributed by atoms with van der Waals surface area (Å²) in [7, 11) is 0. The molecule has 0 bridgehead atoms. The van der Waals surface area contributed by atoms with E-state index in [9.17, 15) is 9.18 Å². The Balaban J connectivity index is 1.83. The van der Waals surface area contributed by atoms with E-state index in [1.165, 1.54) is 12.1 Å². The Labute approximate surface area is 146 Å². The topological polar surface area (TPSA) is 38.1 Å². The Morgan fingerprint density at radius 1 is 1.38 bits per heavy atom. The number of carbonyl (C=O) groups excluding carboxylic acids is 1. The van der Waals surface area contributed by atoms with E-state index in [1.807, 2.05) is 4.90 Å². The first-order valence-electron chi connectivity index (χ1n) is 8.22. The number of likely N-dealkylation sites (tertiary alicyclic amines) is 1. The van der Waals surface area contributed by atoms with Gasteiger partial charge in [0, 0.05) is 13.1 Å². The van der Waals surface area contributed by atoms with Crippen LogP contribution in [0.15, 0.2) is 24.3 Å². The maximum atomic E-state index is 13.0. The smallest absolute Gasteiger partial charge is 0.258 e. The van der Waals surface area contributed by atoms with Crippen molar-refractivity contribution in [1.29, 1.82) is 0 Å². The van der Waals surface area contributed by atoms with Crippen molar-refractivity contribution in [2.24, 2.45) is 5.92 Å². The van der Waals surface area contributed by atoms with Gasteiger partial charge in [-0.3, -0.25) is 4.79 Å². The maximum Gasteiger partial charge on any atom is 0.258 e. The van der Waals surface area contributed by atoms with Gasteiger partial charge in [-0.2, -0.15) is 5.10 Å². The van der Waals surface area contributed by atoms with Gasteiger partial charge in [0.05, 0.1) is 17.8 Å². The molecule has 0 saturated carbocycles. The summed E-state index contributed by atoms with van der Waals surface area (Å²) in [6.07, 6.45) is 2.17. The zero-order valence-corrected chi connectivity index (χ0v) is 14.7. The number of benzene rings is 1. The first-order chi connectivity index (χ1) is 11.5. The van der Waals surface area contributed by atoms with E-state index in [0.29, 0.717) is 28.9 Å². The predicted octanol–water partition coefficient (Wildman–Crippen LogP) is 3.90. The molecule has 24 heavy (non-hydrogen) atoms. The van der Waals surface area contributed by atoms with Crippen molar-refractivity contribution in [3.63, 3.8) is 0 Å². The molecule has 1 aliphatic heterocycles. The van der Waals surface area contributed by atoms with Crippen LogP contribution in [0.2, 0.25) is 5.15 Å². The molecule has 1 atom stereocenters. The van der Waals surface area contributed by atoms with Crippen LogP contribution >= 0.6 is 11.6 Å². The molecule has 0 radical (unpaired) electrons. The van der Waals surface area contributed by atoms with E-state index in [0.717, 1.165) is 31.5 Å². The highest BCUT2D eigenvalue weighted by Gasteiger charge is 2.27. The Hall–Kier alpha value is -1.88. The number of amides is 1. The summed E-state index contributed by atoms with van der Waals surface area (Å²) in [6, 6.07) is 6.19. The molecular weight excluding hydrogens is 329 g/mol. The molecule has 128 valence electrons. The Bertz CT molecular complexity index is 741. The number of aryl methyl sites for hydroxylation is 1. The molecule has 2 aromatic rings. The average Bonchev–Trinajstić information content (AvgIpc) is 2.83. The number of hydrogen-bond acceptors (Lipinski definition) is 2. The Kier molecular flexibility index (Phi) is 4.90. The van der Waals surface area contributed by atoms with Gasteiger partial charge in [0.2, 0.25) is 0 Å². The summed E-state index contributed by atoms with van der Waals surface area (Å²) in [5.41, 5.74) is 1.99. The normalized spacial score (nSPS) is 18.0. The van der Waals surface area contributed by atoms with Crippen LogP contribution in [0, 0.1) is 18.7 Å². The van der Waals surface area contributed by atoms with Gasteiger partial charge < -0.3 is 4.90 Å². The van der Waals surface area contributed by atoms with E-state index in [-0.39, 0.29) is 11.7 Å². The molecule has 0 aliphatic carbocycles. The van der Waals surface area contributed by atoms with Crippen LogP contribution in [0.5, 0.6) is 0 Å². The third-order valence-corrected chi connectivity index (χ3v) is 4.85. The lowest BCUT2D eigenvalue weighted by atomic mass is 9.99. The molecule has 1 fully saturated rings. The summed E-state index contributed by atoms with van der Waals surface area (Å²) >= 11 is 6.44. The van der Waals surface area contributed by atoms with Gasteiger partial charge in [-0.05, 0) is 43.4 Å². The van der Waals surface area contributed by atoms with Crippen LogP contribution in [0.4, 0.5) is 4.39 Å². The fourth-order valence-electron chi connectivity index (χ4n) is 3.20. The fourth-order valence-corrected chi connectivity index (χ4v) is 3.51. The number of halogens is 2. The third-order valence-electron chi connectivity index (χ3n) is 4.47. The van der Waals surface area contributed by atoms with E-state index < -0.39 is 0 Å². The van der Waals surface area contributed by atoms with Crippen molar-refractivity contribution in [2.45, 2.75) is 33.2 Å². The molecule has 1 aliphatic rings. The number of nitrogens with zero attached hydrogens (tertiary/aromatic N) is 3. The van der Waals surface area contributed by atoms with E-state index in [2.05, 4.69) is 12.0 Å². The van der Waals surface area contributed by atoms with Gasteiger partial charge in [-0.25, -0.2) is 9.07 Å². The number of aromatic nitrogens is 2. The van der Waals surface area contributed by atoms with Crippen molar-refractivity contribution < 1.29 is 9.18 Å². The zero-order chi connectivity index (χ0) is 17.3. The minimum atomic E-state index is -0.281. The van der Waals surface area contributed by atoms with Gasteiger partial charge >= 0.3 is 0 Å². The lowest BCUT2D eigenvalue weighted by Gasteiger charge is -2.30. The molecule has 4 nitrogen and oxygen atoms in total. The first kappa shape index (κ1) is 17.0. The molecule has 1 aromatic carbocycles. The average molecular weight is 350 g/mol. The monoisotopic (exact) mass is 349 g/mol. The second-order valence-electron chi connectivity index (χ2n) is 6.53. The highest BCUT2D eigenvalue weighted by atomic mass is 35.5. The van der Waals surface area contributed by atoms with Crippen LogP contribution in [-0.2, 0) is 6.54 Å².